The number of carbonyl (C=O) groups is 1. The number of carbonyl (C=O) groups excluding carboxylic acids is 1. The Labute approximate surface area is 179 Å². The number of ether oxygens (including phenoxy) is 1. The Morgan fingerprint density at radius 2 is 2.19 bits per heavy atom. The van der Waals surface area contributed by atoms with Crippen molar-refractivity contribution in [3.05, 3.63) is 47.5 Å². The van der Waals surface area contributed by atoms with E-state index in [2.05, 4.69) is 17.0 Å². The van der Waals surface area contributed by atoms with E-state index in [1.807, 2.05) is 13.0 Å². The summed E-state index contributed by atoms with van der Waals surface area (Å²) in [6.07, 6.45) is 5.19. The molecule has 2 heterocycles. The lowest BCUT2D eigenvalue weighted by atomic mass is 9.94. The van der Waals surface area contributed by atoms with Crippen LogP contribution >= 0.6 is 0 Å². The number of rotatable bonds is 4. The fraction of sp³-hybridized carbons (Fsp3) is 0.208. The second-order valence-corrected chi connectivity index (χ2v) is 7.14. The van der Waals surface area contributed by atoms with Crippen molar-refractivity contribution >= 4 is 28.3 Å². The van der Waals surface area contributed by atoms with E-state index in [0.29, 0.717) is 52.1 Å². The van der Waals surface area contributed by atoms with Gasteiger partial charge >= 0.3 is 0 Å². The summed E-state index contributed by atoms with van der Waals surface area (Å²) in [5.74, 6) is 2.89. The number of amides is 1. The molecule has 0 radical (unpaired) electrons. The van der Waals surface area contributed by atoms with Crippen molar-refractivity contribution in [2.45, 2.75) is 26.0 Å². The first-order chi connectivity index (χ1) is 15.0. The monoisotopic (exact) mass is 412 g/mol. The standard InChI is InChI=1S/C24H20N4O3/c1-3-14-6-5-7-15(10-14)23-16-11-19(28-21(29)8-9-22(28)30)20(31-4-2)12-18(16)27-24(26)17(23)13-25/h1,5-7,10-12,21,29H,4,8-9H2,2H3,(H2,26,27). The molecule has 1 aliphatic rings. The number of anilines is 2. The molecule has 154 valence electrons. The highest BCUT2D eigenvalue weighted by atomic mass is 16.5. The van der Waals surface area contributed by atoms with Gasteiger partial charge in [-0.3, -0.25) is 9.69 Å². The highest BCUT2D eigenvalue weighted by Gasteiger charge is 2.33. The summed E-state index contributed by atoms with van der Waals surface area (Å²) in [5, 5.41) is 20.8. The Morgan fingerprint density at radius 1 is 1.39 bits per heavy atom. The molecule has 7 nitrogen and oxygen atoms in total. The predicted octanol–water partition coefficient (Wildman–Crippen LogP) is 3.18. The molecule has 31 heavy (non-hydrogen) atoms. The maximum absolute atomic E-state index is 12.5. The van der Waals surface area contributed by atoms with Gasteiger partial charge in [-0.2, -0.15) is 5.26 Å². The average molecular weight is 412 g/mol. The molecule has 2 aromatic carbocycles. The molecule has 7 heteroatoms. The van der Waals surface area contributed by atoms with Gasteiger partial charge in [-0.25, -0.2) is 4.98 Å². The van der Waals surface area contributed by atoms with Crippen LogP contribution in [0.1, 0.15) is 30.9 Å². The third kappa shape index (κ3) is 3.42. The van der Waals surface area contributed by atoms with E-state index in [9.17, 15) is 15.2 Å². The number of fused-ring (bicyclic) bond motifs is 1. The summed E-state index contributed by atoms with van der Waals surface area (Å²) in [5.41, 5.74) is 9.18. The SMILES string of the molecule is C#Cc1cccc(-c2c(C#N)c(N)nc3cc(OCC)c(N4C(=O)CCC4O)cc23)c1. The Kier molecular flexibility index (Phi) is 5.21. The minimum Gasteiger partial charge on any atom is -0.492 e. The highest BCUT2D eigenvalue weighted by molar-refractivity contribution is 6.05. The molecule has 0 spiro atoms. The first kappa shape index (κ1) is 20.2. The van der Waals surface area contributed by atoms with Crippen LogP contribution in [0.3, 0.4) is 0 Å². The van der Waals surface area contributed by atoms with Crippen molar-refractivity contribution in [3.63, 3.8) is 0 Å². The van der Waals surface area contributed by atoms with Gasteiger partial charge in [0, 0.05) is 35.4 Å². The zero-order valence-corrected chi connectivity index (χ0v) is 16.9. The van der Waals surface area contributed by atoms with Crippen LogP contribution in [0.15, 0.2) is 36.4 Å². The van der Waals surface area contributed by atoms with Crippen molar-refractivity contribution < 1.29 is 14.6 Å². The van der Waals surface area contributed by atoms with Gasteiger partial charge < -0.3 is 15.6 Å². The molecule has 0 bridgehead atoms. The number of hydrogen-bond donors (Lipinski definition) is 2. The van der Waals surface area contributed by atoms with Crippen LogP contribution < -0.4 is 15.4 Å². The molecular formula is C24H20N4O3. The van der Waals surface area contributed by atoms with Gasteiger partial charge in [0.05, 0.1) is 17.8 Å². The number of nitriles is 1. The molecular weight excluding hydrogens is 392 g/mol. The Hall–Kier alpha value is -4.07. The number of hydrogen-bond acceptors (Lipinski definition) is 6. The van der Waals surface area contributed by atoms with Crippen LogP contribution in [0, 0.1) is 23.7 Å². The van der Waals surface area contributed by atoms with Crippen LogP contribution in [0.25, 0.3) is 22.0 Å². The van der Waals surface area contributed by atoms with Crippen LogP contribution in [0.2, 0.25) is 0 Å². The third-order valence-electron chi connectivity index (χ3n) is 5.27. The lowest BCUT2D eigenvalue weighted by molar-refractivity contribution is -0.117. The number of aromatic nitrogens is 1. The number of aliphatic hydroxyl groups excluding tert-OH is 1. The van der Waals surface area contributed by atoms with Crippen molar-refractivity contribution in [2.24, 2.45) is 0 Å². The van der Waals surface area contributed by atoms with Crippen LogP contribution in [-0.4, -0.2) is 28.8 Å². The number of pyridine rings is 1. The topological polar surface area (TPSA) is 112 Å². The van der Waals surface area contributed by atoms with Crippen molar-refractivity contribution in [2.75, 3.05) is 17.2 Å². The molecule has 1 aromatic heterocycles. The molecule has 4 rings (SSSR count). The summed E-state index contributed by atoms with van der Waals surface area (Å²) < 4.78 is 5.76. The molecule has 1 atom stereocenters. The first-order valence-corrected chi connectivity index (χ1v) is 9.85. The number of nitrogen functional groups attached to an aromatic ring is 1. The zero-order chi connectivity index (χ0) is 22.1. The molecule has 3 N–H and O–H groups in total. The number of nitrogens with zero attached hydrogens (tertiary/aromatic N) is 3. The second kappa shape index (κ2) is 7.98. The molecule has 1 saturated heterocycles. The fourth-order valence-corrected chi connectivity index (χ4v) is 3.90. The molecule has 0 aliphatic carbocycles. The quantitative estimate of drug-likeness (QED) is 0.637. The minimum atomic E-state index is -0.949. The fourth-order valence-electron chi connectivity index (χ4n) is 3.90. The largest absolute Gasteiger partial charge is 0.492 e. The normalized spacial score (nSPS) is 15.7. The van der Waals surface area contributed by atoms with E-state index in [1.54, 1.807) is 30.3 Å². The number of benzene rings is 2. The van der Waals surface area contributed by atoms with E-state index in [0.717, 1.165) is 0 Å². The summed E-state index contributed by atoms with van der Waals surface area (Å²) in [7, 11) is 0. The Morgan fingerprint density at radius 3 is 2.84 bits per heavy atom. The van der Waals surface area contributed by atoms with E-state index < -0.39 is 6.23 Å². The predicted molar refractivity (Wildman–Crippen MR) is 118 cm³/mol. The van der Waals surface area contributed by atoms with E-state index in [-0.39, 0.29) is 23.7 Å². The summed E-state index contributed by atoms with van der Waals surface area (Å²) >= 11 is 0. The molecule has 1 fully saturated rings. The summed E-state index contributed by atoms with van der Waals surface area (Å²) in [4.78, 5) is 18.2. The molecule has 1 unspecified atom stereocenters. The van der Waals surface area contributed by atoms with Gasteiger partial charge in [-0.1, -0.05) is 18.1 Å². The lowest BCUT2D eigenvalue weighted by Crippen LogP contribution is -2.33. The molecule has 3 aromatic rings. The van der Waals surface area contributed by atoms with Gasteiger partial charge in [-0.15, -0.1) is 6.42 Å². The Balaban J connectivity index is 2.08. The molecule has 0 saturated carbocycles. The maximum Gasteiger partial charge on any atom is 0.229 e. The van der Waals surface area contributed by atoms with E-state index >= 15 is 0 Å². The van der Waals surface area contributed by atoms with Gasteiger partial charge in [0.25, 0.3) is 0 Å². The molecule has 1 aliphatic heterocycles. The van der Waals surface area contributed by atoms with Crippen LogP contribution in [-0.2, 0) is 4.79 Å². The van der Waals surface area contributed by atoms with Gasteiger partial charge in [0.15, 0.2) is 0 Å². The number of terminal acetylenes is 1. The van der Waals surface area contributed by atoms with Crippen molar-refractivity contribution in [1.82, 2.24) is 4.98 Å². The Bertz CT molecular complexity index is 1290. The zero-order valence-electron chi connectivity index (χ0n) is 16.9. The first-order valence-electron chi connectivity index (χ1n) is 9.85. The minimum absolute atomic E-state index is 0.0867. The second-order valence-electron chi connectivity index (χ2n) is 7.14. The average Bonchev–Trinajstić information content (AvgIpc) is 3.10. The van der Waals surface area contributed by atoms with E-state index in [4.69, 9.17) is 16.9 Å². The maximum atomic E-state index is 12.5. The number of aliphatic hydroxyl groups is 1. The highest BCUT2D eigenvalue weighted by Crippen LogP contribution is 2.42. The van der Waals surface area contributed by atoms with E-state index in [1.165, 1.54) is 4.90 Å². The van der Waals surface area contributed by atoms with Crippen molar-refractivity contribution in [3.8, 4) is 35.3 Å². The van der Waals surface area contributed by atoms with Crippen LogP contribution in [0.5, 0.6) is 5.75 Å². The third-order valence-corrected chi connectivity index (χ3v) is 5.27. The summed E-state index contributed by atoms with van der Waals surface area (Å²) in [6, 6.07) is 12.8. The smallest absolute Gasteiger partial charge is 0.229 e. The van der Waals surface area contributed by atoms with Gasteiger partial charge in [0.2, 0.25) is 5.91 Å². The van der Waals surface area contributed by atoms with Gasteiger partial charge in [-0.05, 0) is 30.7 Å². The lowest BCUT2D eigenvalue weighted by Gasteiger charge is -2.24. The summed E-state index contributed by atoms with van der Waals surface area (Å²) in [6.45, 7) is 2.19. The van der Waals surface area contributed by atoms with Crippen molar-refractivity contribution in [1.29, 1.82) is 5.26 Å². The molecule has 1 amide bonds. The number of nitrogens with two attached hydrogens (primary N) is 1. The van der Waals surface area contributed by atoms with Gasteiger partial charge in [0.1, 0.15) is 29.4 Å². The van der Waals surface area contributed by atoms with Crippen LogP contribution in [0.4, 0.5) is 11.5 Å².